The first kappa shape index (κ1) is 19.4. The number of halogens is 2. The number of nitrogens with one attached hydrogen (secondary N) is 1. The van der Waals surface area contributed by atoms with Crippen LogP contribution in [0.5, 0.6) is 0 Å². The van der Waals surface area contributed by atoms with Crippen LogP contribution in [0.25, 0.3) is 0 Å². The molecular weight excluding hydrogens is 391 g/mol. The van der Waals surface area contributed by atoms with E-state index in [1.165, 1.54) is 19.3 Å². The van der Waals surface area contributed by atoms with Crippen molar-refractivity contribution in [2.24, 2.45) is 15.2 Å². The number of azo groups is 1. The highest BCUT2D eigenvalue weighted by molar-refractivity contribution is 6.42. The van der Waals surface area contributed by atoms with Crippen molar-refractivity contribution in [3.8, 4) is 0 Å². The van der Waals surface area contributed by atoms with E-state index in [9.17, 15) is 0 Å². The van der Waals surface area contributed by atoms with Crippen molar-refractivity contribution in [3.05, 3.63) is 58.1 Å². The molecule has 0 unspecified atom stereocenters. The monoisotopic (exact) mass is 414 g/mol. The second-order valence-corrected chi connectivity index (χ2v) is 8.39. The standard InChI is InChI=1S/C22H24Cl2N4/c23-17-13-19-20(14-18(17)24)27-22(11-7-2-1-3-8-12-22)21(26-19)28-25-15-16-9-5-4-6-10-16/h4-6,9-10,13-14,27H,1-3,7-8,11-12,15H2. The summed E-state index contributed by atoms with van der Waals surface area (Å²) in [5, 5.41) is 13.9. The molecule has 146 valence electrons. The van der Waals surface area contributed by atoms with E-state index in [0.29, 0.717) is 16.6 Å². The van der Waals surface area contributed by atoms with E-state index in [4.69, 9.17) is 28.2 Å². The maximum absolute atomic E-state index is 6.26. The van der Waals surface area contributed by atoms with E-state index < -0.39 is 0 Å². The molecule has 1 N–H and O–H groups in total. The fourth-order valence-corrected chi connectivity index (χ4v) is 4.33. The molecule has 0 bridgehead atoms. The third kappa shape index (κ3) is 4.23. The van der Waals surface area contributed by atoms with Gasteiger partial charge in [0.05, 0.1) is 33.5 Å². The van der Waals surface area contributed by atoms with Gasteiger partial charge in [0.1, 0.15) is 0 Å². The van der Waals surface area contributed by atoms with Crippen LogP contribution in [-0.4, -0.2) is 11.4 Å². The van der Waals surface area contributed by atoms with Gasteiger partial charge in [0.15, 0.2) is 5.84 Å². The molecule has 2 aliphatic rings. The third-order valence-corrected chi connectivity index (χ3v) is 6.26. The largest absolute Gasteiger partial charge is 0.371 e. The van der Waals surface area contributed by atoms with Crippen LogP contribution in [0.4, 0.5) is 11.4 Å². The van der Waals surface area contributed by atoms with Gasteiger partial charge in [-0.05, 0) is 30.5 Å². The smallest absolute Gasteiger partial charge is 0.176 e. The van der Waals surface area contributed by atoms with Gasteiger partial charge in [-0.1, -0.05) is 85.6 Å². The normalized spacial score (nSPS) is 18.9. The van der Waals surface area contributed by atoms with Gasteiger partial charge < -0.3 is 5.32 Å². The molecule has 0 atom stereocenters. The van der Waals surface area contributed by atoms with Crippen LogP contribution in [0.15, 0.2) is 57.7 Å². The van der Waals surface area contributed by atoms with Crippen molar-refractivity contribution >= 4 is 40.4 Å². The van der Waals surface area contributed by atoms with E-state index in [0.717, 1.165) is 48.5 Å². The predicted octanol–water partition coefficient (Wildman–Crippen LogP) is 7.58. The molecule has 0 saturated heterocycles. The number of nitrogens with zero attached hydrogens (tertiary/aromatic N) is 3. The summed E-state index contributed by atoms with van der Waals surface area (Å²) < 4.78 is 0. The minimum absolute atomic E-state index is 0.287. The van der Waals surface area contributed by atoms with Gasteiger partial charge in [-0.2, -0.15) is 5.11 Å². The van der Waals surface area contributed by atoms with Crippen LogP contribution in [-0.2, 0) is 6.54 Å². The lowest BCUT2D eigenvalue weighted by Gasteiger charge is -2.39. The average Bonchev–Trinajstić information content (AvgIpc) is 2.67. The summed E-state index contributed by atoms with van der Waals surface area (Å²) in [6.45, 7) is 0.546. The molecule has 4 rings (SSSR count). The highest BCUT2D eigenvalue weighted by Crippen LogP contribution is 2.43. The molecule has 0 aromatic heterocycles. The number of rotatable bonds is 2. The van der Waals surface area contributed by atoms with Gasteiger partial charge in [0.25, 0.3) is 0 Å². The first-order valence-electron chi connectivity index (χ1n) is 9.94. The quantitative estimate of drug-likeness (QED) is 0.505. The van der Waals surface area contributed by atoms with E-state index in [1.54, 1.807) is 6.07 Å². The molecule has 1 spiro atoms. The Bertz CT molecular complexity index is 885. The Labute approximate surface area is 176 Å². The Balaban J connectivity index is 1.68. The second kappa shape index (κ2) is 8.62. The van der Waals surface area contributed by atoms with Crippen LogP contribution in [0.3, 0.4) is 0 Å². The summed E-state index contributed by atoms with van der Waals surface area (Å²) in [6, 6.07) is 13.8. The Kier molecular flexibility index (Phi) is 5.98. The van der Waals surface area contributed by atoms with Gasteiger partial charge in [-0.15, -0.1) is 5.11 Å². The molecule has 2 aromatic carbocycles. The van der Waals surface area contributed by atoms with Crippen molar-refractivity contribution in [1.29, 1.82) is 0 Å². The molecular formula is C22H24Cl2N4. The molecule has 6 heteroatoms. The highest BCUT2D eigenvalue weighted by Gasteiger charge is 2.39. The van der Waals surface area contributed by atoms with Crippen molar-refractivity contribution in [2.75, 3.05) is 5.32 Å². The number of aliphatic imine (C=N–C) groups is 1. The van der Waals surface area contributed by atoms with Crippen LogP contribution >= 0.6 is 23.2 Å². The van der Waals surface area contributed by atoms with Gasteiger partial charge in [0, 0.05) is 0 Å². The number of fused-ring (bicyclic) bond motifs is 1. The minimum Gasteiger partial charge on any atom is -0.371 e. The van der Waals surface area contributed by atoms with Gasteiger partial charge in [-0.3, -0.25) is 0 Å². The van der Waals surface area contributed by atoms with Crippen LogP contribution in [0.2, 0.25) is 10.0 Å². The zero-order valence-electron chi connectivity index (χ0n) is 15.8. The second-order valence-electron chi connectivity index (χ2n) is 7.58. The molecule has 2 aromatic rings. The van der Waals surface area contributed by atoms with Gasteiger partial charge in [-0.25, -0.2) is 4.99 Å². The maximum atomic E-state index is 6.26. The fourth-order valence-electron chi connectivity index (χ4n) is 4.01. The van der Waals surface area contributed by atoms with Crippen molar-refractivity contribution in [3.63, 3.8) is 0 Å². The molecule has 1 heterocycles. The van der Waals surface area contributed by atoms with Gasteiger partial charge >= 0.3 is 0 Å². The van der Waals surface area contributed by atoms with Crippen LogP contribution in [0.1, 0.15) is 50.5 Å². The van der Waals surface area contributed by atoms with E-state index >= 15 is 0 Å². The topological polar surface area (TPSA) is 49.1 Å². The highest BCUT2D eigenvalue weighted by atomic mass is 35.5. The number of anilines is 1. The summed E-state index contributed by atoms with van der Waals surface area (Å²) in [6.07, 6.45) is 8.08. The summed E-state index contributed by atoms with van der Waals surface area (Å²) in [7, 11) is 0. The fraction of sp³-hybridized carbons (Fsp3) is 0.409. The molecule has 4 nitrogen and oxygen atoms in total. The minimum atomic E-state index is -0.287. The number of hydrogen-bond donors (Lipinski definition) is 1. The Morgan fingerprint density at radius 2 is 1.61 bits per heavy atom. The summed E-state index contributed by atoms with van der Waals surface area (Å²) in [5.74, 6) is 0.760. The maximum Gasteiger partial charge on any atom is 0.176 e. The van der Waals surface area contributed by atoms with Crippen LogP contribution < -0.4 is 5.32 Å². The van der Waals surface area contributed by atoms with Crippen molar-refractivity contribution in [1.82, 2.24) is 0 Å². The Hall–Kier alpha value is -1.91. The number of amidine groups is 1. The molecule has 0 radical (unpaired) electrons. The first-order chi connectivity index (χ1) is 13.7. The average molecular weight is 415 g/mol. The number of benzene rings is 2. The Morgan fingerprint density at radius 3 is 2.36 bits per heavy atom. The molecule has 1 fully saturated rings. The third-order valence-electron chi connectivity index (χ3n) is 5.54. The molecule has 1 saturated carbocycles. The SMILES string of the molecule is Clc1cc2c(cc1Cl)NC1(CCCCCCC1)C(N=NCc1ccccc1)=N2. The van der Waals surface area contributed by atoms with Gasteiger partial charge in [0.2, 0.25) is 0 Å². The molecule has 28 heavy (non-hydrogen) atoms. The zero-order valence-corrected chi connectivity index (χ0v) is 17.3. The summed E-state index contributed by atoms with van der Waals surface area (Å²) in [4.78, 5) is 4.88. The number of hydrogen-bond acceptors (Lipinski definition) is 4. The molecule has 1 aliphatic heterocycles. The first-order valence-corrected chi connectivity index (χ1v) is 10.7. The van der Waals surface area contributed by atoms with Crippen molar-refractivity contribution in [2.45, 2.75) is 57.0 Å². The van der Waals surface area contributed by atoms with E-state index in [1.807, 2.05) is 24.3 Å². The lowest BCUT2D eigenvalue weighted by atomic mass is 9.81. The lowest BCUT2D eigenvalue weighted by Crippen LogP contribution is -2.47. The summed E-state index contributed by atoms with van der Waals surface area (Å²) >= 11 is 12.5. The Morgan fingerprint density at radius 1 is 0.929 bits per heavy atom. The van der Waals surface area contributed by atoms with Crippen molar-refractivity contribution < 1.29 is 0 Å². The summed E-state index contributed by atoms with van der Waals surface area (Å²) in [5.41, 5.74) is 2.55. The molecule has 1 aliphatic carbocycles. The van der Waals surface area contributed by atoms with E-state index in [2.05, 4.69) is 27.7 Å². The lowest BCUT2D eigenvalue weighted by molar-refractivity contribution is 0.418. The van der Waals surface area contributed by atoms with E-state index in [-0.39, 0.29) is 5.54 Å². The molecule has 0 amide bonds. The van der Waals surface area contributed by atoms with Crippen LogP contribution in [0, 0.1) is 0 Å². The zero-order chi connectivity index (χ0) is 19.4. The predicted molar refractivity (Wildman–Crippen MR) is 117 cm³/mol.